The zero-order valence-electron chi connectivity index (χ0n) is 11.2. The van der Waals surface area contributed by atoms with Gasteiger partial charge < -0.3 is 9.47 Å². The molecule has 1 atom stereocenters. The lowest BCUT2D eigenvalue weighted by molar-refractivity contribution is -0.136. The van der Waals surface area contributed by atoms with Gasteiger partial charge in [-0.25, -0.2) is 4.79 Å². The monoisotopic (exact) mass is 262 g/mol. The Hall–Kier alpha value is -2.10. The number of carbonyl (C=O) groups excluding carboxylic acids is 2. The maximum atomic E-state index is 11.7. The highest BCUT2D eigenvalue weighted by atomic mass is 16.5. The number of hydrogen-bond acceptors (Lipinski definition) is 4. The number of rotatable bonds is 6. The summed E-state index contributed by atoms with van der Waals surface area (Å²) in [7, 11) is 0. The Morgan fingerprint density at radius 2 is 2.16 bits per heavy atom. The Morgan fingerprint density at radius 1 is 1.42 bits per heavy atom. The van der Waals surface area contributed by atoms with Crippen LogP contribution in [-0.4, -0.2) is 18.5 Å². The molecule has 1 aromatic carbocycles. The van der Waals surface area contributed by atoms with Crippen molar-refractivity contribution in [3.05, 3.63) is 42.5 Å². The molecular formula is C15H18O4. The van der Waals surface area contributed by atoms with Gasteiger partial charge in [-0.15, -0.1) is 6.58 Å². The van der Waals surface area contributed by atoms with Crippen LogP contribution in [0.1, 0.15) is 30.6 Å². The van der Waals surface area contributed by atoms with E-state index < -0.39 is 17.9 Å². The fourth-order valence-corrected chi connectivity index (χ4v) is 1.27. The first-order valence-electron chi connectivity index (χ1n) is 6.20. The summed E-state index contributed by atoms with van der Waals surface area (Å²) in [5, 5.41) is 0. The highest BCUT2D eigenvalue weighted by Gasteiger charge is 2.13. The topological polar surface area (TPSA) is 52.6 Å². The predicted molar refractivity (Wildman–Crippen MR) is 72.0 cm³/mol. The van der Waals surface area contributed by atoms with E-state index in [0.29, 0.717) is 17.9 Å². The van der Waals surface area contributed by atoms with Crippen molar-refractivity contribution in [2.45, 2.75) is 20.3 Å². The summed E-state index contributed by atoms with van der Waals surface area (Å²) >= 11 is 0. The summed E-state index contributed by atoms with van der Waals surface area (Å²) in [5.41, 5.74) is 0.366. The van der Waals surface area contributed by atoms with Crippen LogP contribution in [0.15, 0.2) is 36.9 Å². The van der Waals surface area contributed by atoms with Gasteiger partial charge in [-0.1, -0.05) is 19.1 Å². The Labute approximate surface area is 113 Å². The van der Waals surface area contributed by atoms with Crippen molar-refractivity contribution in [3.63, 3.8) is 0 Å². The van der Waals surface area contributed by atoms with Crippen molar-refractivity contribution >= 4 is 11.9 Å². The lowest BCUT2D eigenvalue weighted by atomic mass is 10.2. The van der Waals surface area contributed by atoms with E-state index in [2.05, 4.69) is 6.58 Å². The minimum Gasteiger partial charge on any atom is -0.462 e. The van der Waals surface area contributed by atoms with Crippen LogP contribution in [-0.2, 0) is 9.53 Å². The third kappa shape index (κ3) is 4.58. The first kappa shape index (κ1) is 15.0. The molecule has 0 bridgehead atoms. The van der Waals surface area contributed by atoms with Gasteiger partial charge in [-0.2, -0.15) is 0 Å². The number of carbonyl (C=O) groups is 2. The molecular weight excluding hydrogens is 244 g/mol. The van der Waals surface area contributed by atoms with Gasteiger partial charge in [-0.05, 0) is 31.5 Å². The van der Waals surface area contributed by atoms with Crippen molar-refractivity contribution in [1.29, 1.82) is 0 Å². The normalized spacial score (nSPS) is 11.5. The molecule has 19 heavy (non-hydrogen) atoms. The van der Waals surface area contributed by atoms with E-state index in [4.69, 9.17) is 9.47 Å². The average Bonchev–Trinajstić information content (AvgIpc) is 2.43. The van der Waals surface area contributed by atoms with Gasteiger partial charge in [0, 0.05) is 0 Å². The summed E-state index contributed by atoms with van der Waals surface area (Å²) in [5.74, 6) is -0.897. The molecule has 4 nitrogen and oxygen atoms in total. The van der Waals surface area contributed by atoms with Crippen LogP contribution in [0.2, 0.25) is 0 Å². The van der Waals surface area contributed by atoms with E-state index in [0.717, 1.165) is 6.42 Å². The maximum Gasteiger partial charge on any atom is 0.338 e. The van der Waals surface area contributed by atoms with E-state index in [1.165, 1.54) is 12.1 Å². The Balaban J connectivity index is 2.74. The summed E-state index contributed by atoms with van der Waals surface area (Å²) in [6.07, 6.45) is 2.26. The number of ether oxygens (including phenoxy) is 2. The maximum absolute atomic E-state index is 11.7. The molecule has 0 N–H and O–H groups in total. The number of benzene rings is 1. The van der Waals surface area contributed by atoms with Crippen LogP contribution in [0.3, 0.4) is 0 Å². The first-order chi connectivity index (χ1) is 9.08. The molecule has 0 saturated heterocycles. The molecule has 1 unspecified atom stereocenters. The van der Waals surface area contributed by atoms with Gasteiger partial charge in [0.15, 0.2) is 0 Å². The van der Waals surface area contributed by atoms with Crippen molar-refractivity contribution in [2.24, 2.45) is 5.92 Å². The van der Waals surface area contributed by atoms with Crippen LogP contribution >= 0.6 is 0 Å². The molecule has 0 saturated carbocycles. The minimum absolute atomic E-state index is 0.324. The fourth-order valence-electron chi connectivity index (χ4n) is 1.27. The van der Waals surface area contributed by atoms with E-state index in [1.54, 1.807) is 25.1 Å². The molecule has 0 amide bonds. The van der Waals surface area contributed by atoms with E-state index in [9.17, 15) is 9.59 Å². The van der Waals surface area contributed by atoms with Crippen LogP contribution in [0.25, 0.3) is 0 Å². The second-order valence-corrected chi connectivity index (χ2v) is 4.11. The predicted octanol–water partition coefficient (Wildman–Crippen LogP) is 2.98. The molecule has 1 aromatic rings. The zero-order chi connectivity index (χ0) is 14.3. The van der Waals surface area contributed by atoms with Crippen molar-refractivity contribution < 1.29 is 19.1 Å². The summed E-state index contributed by atoms with van der Waals surface area (Å²) < 4.78 is 10.2. The number of hydrogen-bond donors (Lipinski definition) is 0. The summed E-state index contributed by atoms with van der Waals surface area (Å²) in [6, 6.07) is 6.37. The third-order valence-corrected chi connectivity index (χ3v) is 2.45. The Morgan fingerprint density at radius 3 is 2.79 bits per heavy atom. The van der Waals surface area contributed by atoms with Crippen LogP contribution in [0.5, 0.6) is 5.75 Å². The number of esters is 2. The second kappa shape index (κ2) is 7.36. The first-order valence-corrected chi connectivity index (χ1v) is 6.20. The summed E-state index contributed by atoms with van der Waals surface area (Å²) in [4.78, 5) is 23.2. The van der Waals surface area contributed by atoms with Gasteiger partial charge in [0.2, 0.25) is 0 Å². The molecule has 4 heteroatoms. The van der Waals surface area contributed by atoms with Gasteiger partial charge in [-0.3, -0.25) is 4.79 Å². The van der Waals surface area contributed by atoms with E-state index in [-0.39, 0.29) is 0 Å². The Bertz CT molecular complexity index is 465. The fraction of sp³-hybridized carbons (Fsp3) is 0.333. The van der Waals surface area contributed by atoms with Crippen molar-refractivity contribution in [2.75, 3.05) is 6.61 Å². The van der Waals surface area contributed by atoms with Crippen molar-refractivity contribution in [1.82, 2.24) is 0 Å². The molecule has 0 heterocycles. The molecule has 0 radical (unpaired) electrons. The zero-order valence-corrected chi connectivity index (χ0v) is 11.2. The van der Waals surface area contributed by atoms with Crippen molar-refractivity contribution in [3.8, 4) is 5.75 Å². The lowest BCUT2D eigenvalue weighted by Gasteiger charge is -2.08. The highest BCUT2D eigenvalue weighted by Crippen LogP contribution is 2.16. The van der Waals surface area contributed by atoms with Gasteiger partial charge in [0.1, 0.15) is 5.75 Å². The molecule has 0 spiro atoms. The van der Waals surface area contributed by atoms with Gasteiger partial charge >= 0.3 is 11.9 Å². The largest absolute Gasteiger partial charge is 0.462 e. The molecule has 0 aromatic heterocycles. The average molecular weight is 262 g/mol. The molecule has 0 aliphatic carbocycles. The lowest BCUT2D eigenvalue weighted by Crippen LogP contribution is -2.16. The third-order valence-electron chi connectivity index (χ3n) is 2.45. The Kier molecular flexibility index (Phi) is 5.79. The quantitative estimate of drug-likeness (QED) is 0.449. The smallest absolute Gasteiger partial charge is 0.338 e. The minimum atomic E-state index is -0.420. The second-order valence-electron chi connectivity index (χ2n) is 4.11. The molecule has 0 aliphatic rings. The van der Waals surface area contributed by atoms with Crippen LogP contribution < -0.4 is 4.74 Å². The standard InChI is InChI=1S/C15H18O4/c1-4-9-18-15(17)12-7-6-8-13(10-12)19-14(16)11(3)5-2/h5-8,10-11H,2,4,9H2,1,3H3. The van der Waals surface area contributed by atoms with Crippen LogP contribution in [0.4, 0.5) is 0 Å². The molecule has 0 aliphatic heterocycles. The SMILES string of the molecule is C=CC(C)C(=O)Oc1cccc(C(=O)OCCC)c1. The van der Waals surface area contributed by atoms with Crippen LogP contribution in [0, 0.1) is 5.92 Å². The van der Waals surface area contributed by atoms with Gasteiger partial charge in [0.05, 0.1) is 18.1 Å². The molecule has 102 valence electrons. The molecule has 0 fully saturated rings. The van der Waals surface area contributed by atoms with E-state index in [1.807, 2.05) is 6.92 Å². The van der Waals surface area contributed by atoms with Gasteiger partial charge in [0.25, 0.3) is 0 Å². The highest BCUT2D eigenvalue weighted by molar-refractivity contribution is 5.90. The summed E-state index contributed by atoms with van der Waals surface area (Å²) in [6.45, 7) is 7.51. The van der Waals surface area contributed by atoms with E-state index >= 15 is 0 Å². The molecule has 1 rings (SSSR count).